The Bertz CT molecular complexity index is 563. The highest BCUT2D eigenvalue weighted by atomic mass is 35.5. The van der Waals surface area contributed by atoms with Gasteiger partial charge in [-0.3, -0.25) is 4.68 Å². The first-order chi connectivity index (χ1) is 9.61. The number of hydrogen-bond acceptors (Lipinski definition) is 2. The summed E-state index contributed by atoms with van der Waals surface area (Å²) in [6.45, 7) is 5.11. The summed E-state index contributed by atoms with van der Waals surface area (Å²) in [6.07, 6.45) is 3.88. The number of hydrogen-bond donors (Lipinski definition) is 1. The molecule has 0 fully saturated rings. The molecule has 1 N–H and O–H groups in total. The van der Waals surface area contributed by atoms with Gasteiger partial charge in [0.2, 0.25) is 0 Å². The topological polar surface area (TPSA) is 29.9 Å². The van der Waals surface area contributed by atoms with Crippen molar-refractivity contribution in [3.63, 3.8) is 0 Å². The van der Waals surface area contributed by atoms with E-state index in [1.165, 1.54) is 11.3 Å². The zero-order valence-electron chi connectivity index (χ0n) is 12.4. The standard InChI is InChI=1S/C16H22ClN3/c1-4-18-16(8-7-14-9-10-19-20(14)3)13-6-5-12(2)15(17)11-13/h5-6,9-11,16,18H,4,7-8H2,1-3H3. The molecule has 0 bridgehead atoms. The summed E-state index contributed by atoms with van der Waals surface area (Å²) in [5.41, 5.74) is 3.63. The first-order valence-electron chi connectivity index (χ1n) is 7.08. The molecule has 1 aromatic heterocycles. The lowest BCUT2D eigenvalue weighted by atomic mass is 9.99. The molecule has 0 radical (unpaired) electrons. The second kappa shape index (κ2) is 6.91. The van der Waals surface area contributed by atoms with Crippen LogP contribution >= 0.6 is 11.6 Å². The highest BCUT2D eigenvalue weighted by Crippen LogP contribution is 2.24. The second-order valence-corrected chi connectivity index (χ2v) is 5.51. The minimum absolute atomic E-state index is 0.327. The van der Waals surface area contributed by atoms with Gasteiger partial charge in [0.05, 0.1) is 0 Å². The monoisotopic (exact) mass is 291 g/mol. The average Bonchev–Trinajstić information content (AvgIpc) is 2.83. The van der Waals surface area contributed by atoms with Crippen LogP contribution in [0.4, 0.5) is 0 Å². The Labute approximate surface area is 126 Å². The number of nitrogens with zero attached hydrogens (tertiary/aromatic N) is 2. The zero-order valence-corrected chi connectivity index (χ0v) is 13.1. The molecule has 0 spiro atoms. The Morgan fingerprint density at radius 2 is 2.15 bits per heavy atom. The fourth-order valence-corrected chi connectivity index (χ4v) is 2.59. The van der Waals surface area contributed by atoms with Gasteiger partial charge in [-0.25, -0.2) is 0 Å². The maximum Gasteiger partial charge on any atom is 0.0492 e. The fourth-order valence-electron chi connectivity index (χ4n) is 2.40. The Balaban J connectivity index is 2.10. The van der Waals surface area contributed by atoms with Gasteiger partial charge in [-0.15, -0.1) is 0 Å². The molecule has 3 nitrogen and oxygen atoms in total. The van der Waals surface area contributed by atoms with Gasteiger partial charge in [0.15, 0.2) is 0 Å². The second-order valence-electron chi connectivity index (χ2n) is 5.10. The maximum absolute atomic E-state index is 6.24. The number of benzene rings is 1. The molecule has 0 saturated heterocycles. The number of nitrogens with one attached hydrogen (secondary N) is 1. The van der Waals surface area contributed by atoms with Crippen LogP contribution in [0.3, 0.4) is 0 Å². The molecule has 2 rings (SSSR count). The molecule has 1 atom stereocenters. The molecule has 0 aliphatic carbocycles. The van der Waals surface area contributed by atoms with E-state index in [1.807, 2.05) is 24.9 Å². The van der Waals surface area contributed by atoms with Crippen molar-refractivity contribution in [3.05, 3.63) is 52.3 Å². The third-order valence-corrected chi connectivity index (χ3v) is 4.07. The highest BCUT2D eigenvalue weighted by Gasteiger charge is 2.12. The highest BCUT2D eigenvalue weighted by molar-refractivity contribution is 6.31. The molecule has 2 aromatic rings. The Hall–Kier alpha value is -1.32. The van der Waals surface area contributed by atoms with Crippen LogP contribution in [0.25, 0.3) is 0 Å². The van der Waals surface area contributed by atoms with E-state index in [2.05, 4.69) is 41.6 Å². The van der Waals surface area contributed by atoms with Crippen molar-refractivity contribution < 1.29 is 0 Å². The SMILES string of the molecule is CCNC(CCc1ccnn1C)c1ccc(C)c(Cl)c1. The van der Waals surface area contributed by atoms with E-state index in [4.69, 9.17) is 11.6 Å². The summed E-state index contributed by atoms with van der Waals surface area (Å²) < 4.78 is 1.94. The number of halogens is 1. The van der Waals surface area contributed by atoms with Crippen LogP contribution in [0.1, 0.15) is 36.2 Å². The molecule has 0 amide bonds. The largest absolute Gasteiger partial charge is 0.310 e. The summed E-state index contributed by atoms with van der Waals surface area (Å²) in [7, 11) is 1.99. The summed E-state index contributed by atoms with van der Waals surface area (Å²) in [5, 5.41) is 8.59. The number of aryl methyl sites for hydroxylation is 3. The van der Waals surface area contributed by atoms with Gasteiger partial charge in [-0.2, -0.15) is 5.10 Å². The number of rotatable bonds is 6. The van der Waals surface area contributed by atoms with Gasteiger partial charge in [0.25, 0.3) is 0 Å². The maximum atomic E-state index is 6.24. The van der Waals surface area contributed by atoms with E-state index in [1.54, 1.807) is 0 Å². The third-order valence-electron chi connectivity index (χ3n) is 3.66. The lowest BCUT2D eigenvalue weighted by Crippen LogP contribution is -2.22. The van der Waals surface area contributed by atoms with Crippen molar-refractivity contribution in [2.45, 2.75) is 32.7 Å². The van der Waals surface area contributed by atoms with Gasteiger partial charge in [-0.1, -0.05) is 30.7 Å². The minimum atomic E-state index is 0.327. The molecule has 0 aliphatic heterocycles. The predicted octanol–water partition coefficient (Wildman–Crippen LogP) is 3.67. The van der Waals surface area contributed by atoms with Crippen LogP contribution in [-0.4, -0.2) is 16.3 Å². The molecular formula is C16H22ClN3. The van der Waals surface area contributed by atoms with E-state index in [-0.39, 0.29) is 0 Å². The normalized spacial score (nSPS) is 12.6. The van der Waals surface area contributed by atoms with Gasteiger partial charge in [0.1, 0.15) is 0 Å². The van der Waals surface area contributed by atoms with Crippen LogP contribution in [0.5, 0.6) is 0 Å². The molecule has 20 heavy (non-hydrogen) atoms. The van der Waals surface area contributed by atoms with Crippen LogP contribution in [0.15, 0.2) is 30.5 Å². The van der Waals surface area contributed by atoms with Crippen molar-refractivity contribution >= 4 is 11.6 Å². The van der Waals surface area contributed by atoms with Crippen molar-refractivity contribution in [1.29, 1.82) is 0 Å². The van der Waals surface area contributed by atoms with E-state index in [9.17, 15) is 0 Å². The van der Waals surface area contributed by atoms with Crippen molar-refractivity contribution in [1.82, 2.24) is 15.1 Å². The summed E-state index contributed by atoms with van der Waals surface area (Å²) in [6, 6.07) is 8.73. The van der Waals surface area contributed by atoms with Crippen LogP contribution < -0.4 is 5.32 Å². The third kappa shape index (κ3) is 3.62. The van der Waals surface area contributed by atoms with Crippen LogP contribution in [0.2, 0.25) is 5.02 Å². The first-order valence-corrected chi connectivity index (χ1v) is 7.46. The summed E-state index contributed by atoms with van der Waals surface area (Å²) in [5.74, 6) is 0. The fraction of sp³-hybridized carbons (Fsp3) is 0.438. The Morgan fingerprint density at radius 3 is 2.75 bits per heavy atom. The van der Waals surface area contributed by atoms with Gasteiger partial charge in [-0.05, 0) is 49.6 Å². The minimum Gasteiger partial charge on any atom is -0.310 e. The van der Waals surface area contributed by atoms with Gasteiger partial charge < -0.3 is 5.32 Å². The quantitative estimate of drug-likeness (QED) is 0.880. The molecule has 1 aromatic carbocycles. The average molecular weight is 292 g/mol. The van der Waals surface area contributed by atoms with E-state index >= 15 is 0 Å². The van der Waals surface area contributed by atoms with E-state index in [0.29, 0.717) is 6.04 Å². The van der Waals surface area contributed by atoms with E-state index < -0.39 is 0 Å². The zero-order chi connectivity index (χ0) is 14.5. The molecule has 0 aliphatic rings. The first kappa shape index (κ1) is 15.1. The smallest absolute Gasteiger partial charge is 0.0492 e. The molecular weight excluding hydrogens is 270 g/mol. The summed E-state index contributed by atoms with van der Waals surface area (Å²) in [4.78, 5) is 0. The van der Waals surface area contributed by atoms with Crippen molar-refractivity contribution in [3.8, 4) is 0 Å². The lowest BCUT2D eigenvalue weighted by molar-refractivity contribution is 0.506. The Kier molecular flexibility index (Phi) is 5.21. The van der Waals surface area contributed by atoms with Crippen molar-refractivity contribution in [2.24, 2.45) is 7.05 Å². The van der Waals surface area contributed by atoms with Gasteiger partial charge >= 0.3 is 0 Å². The van der Waals surface area contributed by atoms with E-state index in [0.717, 1.165) is 30.0 Å². The lowest BCUT2D eigenvalue weighted by Gasteiger charge is -2.19. The molecule has 4 heteroatoms. The Morgan fingerprint density at radius 1 is 1.35 bits per heavy atom. The molecule has 1 unspecified atom stereocenters. The van der Waals surface area contributed by atoms with Crippen LogP contribution in [-0.2, 0) is 13.5 Å². The molecule has 108 valence electrons. The van der Waals surface area contributed by atoms with Gasteiger partial charge in [0, 0.05) is 30.0 Å². The van der Waals surface area contributed by atoms with Crippen LogP contribution in [0, 0.1) is 6.92 Å². The van der Waals surface area contributed by atoms with Crippen molar-refractivity contribution in [2.75, 3.05) is 6.54 Å². The molecule has 1 heterocycles. The number of aromatic nitrogens is 2. The molecule has 0 saturated carbocycles. The summed E-state index contributed by atoms with van der Waals surface area (Å²) >= 11 is 6.24. The predicted molar refractivity (Wildman–Crippen MR) is 84.1 cm³/mol.